The molecule has 8 heteroatoms. The first-order valence-corrected chi connectivity index (χ1v) is 7.49. The van der Waals surface area contributed by atoms with Crippen molar-refractivity contribution in [2.75, 3.05) is 5.43 Å². The first-order chi connectivity index (χ1) is 10.5. The fourth-order valence-corrected chi connectivity index (χ4v) is 2.73. The molecule has 1 aliphatic heterocycles. The molecule has 118 valence electrons. The van der Waals surface area contributed by atoms with E-state index in [0.717, 1.165) is 18.6 Å². The van der Waals surface area contributed by atoms with Crippen molar-refractivity contribution in [2.45, 2.75) is 46.2 Å². The third-order valence-electron chi connectivity index (χ3n) is 4.24. The van der Waals surface area contributed by atoms with Gasteiger partial charge in [-0.3, -0.25) is 18.5 Å². The summed E-state index contributed by atoms with van der Waals surface area (Å²) in [5.41, 5.74) is 3.93. The molecule has 0 aliphatic carbocycles. The molecular formula is C14H20N6O2. The van der Waals surface area contributed by atoms with E-state index in [1.165, 1.54) is 9.13 Å². The molecule has 0 aromatic carbocycles. The van der Waals surface area contributed by atoms with Crippen LogP contribution in [0.2, 0.25) is 0 Å². The number of hydrogen-bond donors (Lipinski definition) is 1. The average molecular weight is 304 g/mol. The van der Waals surface area contributed by atoms with Gasteiger partial charge in [-0.2, -0.15) is 10.1 Å². The van der Waals surface area contributed by atoms with Crippen molar-refractivity contribution in [1.29, 1.82) is 0 Å². The summed E-state index contributed by atoms with van der Waals surface area (Å²) in [6.45, 7) is 6.31. The molecule has 1 aliphatic rings. The summed E-state index contributed by atoms with van der Waals surface area (Å²) in [5, 5.41) is 4.19. The lowest BCUT2D eigenvalue weighted by atomic mass is 10.2. The van der Waals surface area contributed by atoms with Gasteiger partial charge in [0.2, 0.25) is 5.95 Å². The Labute approximate surface area is 127 Å². The summed E-state index contributed by atoms with van der Waals surface area (Å²) in [7, 11) is 1.64. The number of nitrogens with zero attached hydrogens (tertiary/aromatic N) is 5. The smallest absolute Gasteiger partial charge is 0.294 e. The fraction of sp³-hybridized carbons (Fsp3) is 0.571. The van der Waals surface area contributed by atoms with Gasteiger partial charge in [0.15, 0.2) is 11.2 Å². The van der Waals surface area contributed by atoms with Crippen molar-refractivity contribution in [3.8, 4) is 0 Å². The molecule has 0 bridgehead atoms. The zero-order chi connectivity index (χ0) is 16.0. The number of rotatable bonds is 3. The molecule has 0 radical (unpaired) electrons. The van der Waals surface area contributed by atoms with Crippen LogP contribution in [-0.4, -0.2) is 24.4 Å². The minimum atomic E-state index is -0.327. The van der Waals surface area contributed by atoms with Crippen LogP contribution in [0.1, 0.15) is 39.7 Å². The van der Waals surface area contributed by atoms with Crippen LogP contribution in [0.25, 0.3) is 11.2 Å². The number of aromatic nitrogens is 4. The van der Waals surface area contributed by atoms with Crippen molar-refractivity contribution in [3.05, 3.63) is 20.8 Å². The summed E-state index contributed by atoms with van der Waals surface area (Å²) in [6, 6.07) is -0.0777. The number of nitrogens with one attached hydrogen (secondary N) is 1. The highest BCUT2D eigenvalue weighted by atomic mass is 16.2. The molecule has 3 heterocycles. The molecule has 0 amide bonds. The molecule has 0 spiro atoms. The number of hydrazone groups is 1. The van der Waals surface area contributed by atoms with Crippen LogP contribution < -0.4 is 16.7 Å². The van der Waals surface area contributed by atoms with Crippen LogP contribution in [0.3, 0.4) is 0 Å². The van der Waals surface area contributed by atoms with Gasteiger partial charge in [0.25, 0.3) is 5.56 Å². The van der Waals surface area contributed by atoms with Gasteiger partial charge in [-0.15, -0.1) is 0 Å². The Morgan fingerprint density at radius 2 is 2.05 bits per heavy atom. The number of unbranched alkanes of at least 4 members (excludes halogenated alkanes) is 1. The van der Waals surface area contributed by atoms with Gasteiger partial charge in [0.1, 0.15) is 0 Å². The minimum absolute atomic E-state index is 0.0777. The lowest BCUT2D eigenvalue weighted by Crippen LogP contribution is -2.40. The maximum atomic E-state index is 12.8. The van der Waals surface area contributed by atoms with Gasteiger partial charge in [-0.05, 0) is 20.3 Å². The first-order valence-electron chi connectivity index (χ1n) is 7.49. The van der Waals surface area contributed by atoms with Gasteiger partial charge in [0, 0.05) is 13.6 Å². The molecule has 0 unspecified atom stereocenters. The molecule has 22 heavy (non-hydrogen) atoms. The predicted molar refractivity (Wildman–Crippen MR) is 85.6 cm³/mol. The van der Waals surface area contributed by atoms with Gasteiger partial charge in [-0.25, -0.2) is 10.2 Å². The number of imidazole rings is 1. The second-order valence-electron chi connectivity index (χ2n) is 5.67. The molecule has 2 aromatic heterocycles. The summed E-state index contributed by atoms with van der Waals surface area (Å²) >= 11 is 0. The van der Waals surface area contributed by atoms with E-state index in [9.17, 15) is 9.59 Å². The Kier molecular flexibility index (Phi) is 3.38. The third-order valence-corrected chi connectivity index (χ3v) is 4.24. The molecular weight excluding hydrogens is 284 g/mol. The van der Waals surface area contributed by atoms with Crippen LogP contribution in [0.4, 0.5) is 5.95 Å². The molecule has 8 nitrogen and oxygen atoms in total. The topological polar surface area (TPSA) is 86.2 Å². The highest BCUT2D eigenvalue weighted by Gasteiger charge is 2.26. The largest absolute Gasteiger partial charge is 0.332 e. The van der Waals surface area contributed by atoms with E-state index < -0.39 is 0 Å². The Balaban J connectivity index is 2.36. The average Bonchev–Trinajstić information content (AvgIpc) is 2.89. The fourth-order valence-electron chi connectivity index (χ4n) is 2.73. The summed E-state index contributed by atoms with van der Waals surface area (Å²) in [6.07, 6.45) is 1.71. The van der Waals surface area contributed by atoms with Crippen LogP contribution in [-0.2, 0) is 13.6 Å². The zero-order valence-corrected chi connectivity index (χ0v) is 13.3. The van der Waals surface area contributed by atoms with Crippen molar-refractivity contribution in [3.63, 3.8) is 0 Å². The zero-order valence-electron chi connectivity index (χ0n) is 13.3. The normalized spacial score (nSPS) is 17.3. The molecule has 0 fully saturated rings. The SMILES string of the molecule is CCCCn1c(=O)c2c(nc3n2[C@@H](C)C(C)=NN3)n(C)c1=O. The lowest BCUT2D eigenvalue weighted by Gasteiger charge is -2.21. The summed E-state index contributed by atoms with van der Waals surface area (Å²) < 4.78 is 4.55. The van der Waals surface area contributed by atoms with E-state index >= 15 is 0 Å². The molecule has 1 N–H and O–H groups in total. The van der Waals surface area contributed by atoms with Crippen LogP contribution in [0.5, 0.6) is 0 Å². The Hall–Kier alpha value is -2.38. The summed E-state index contributed by atoms with van der Waals surface area (Å²) in [4.78, 5) is 29.6. The van der Waals surface area contributed by atoms with Gasteiger partial charge >= 0.3 is 5.69 Å². The quantitative estimate of drug-likeness (QED) is 0.918. The number of hydrogen-bond acceptors (Lipinski definition) is 5. The van der Waals surface area contributed by atoms with Crippen molar-refractivity contribution < 1.29 is 0 Å². The van der Waals surface area contributed by atoms with E-state index in [1.54, 1.807) is 7.05 Å². The van der Waals surface area contributed by atoms with Crippen LogP contribution in [0.15, 0.2) is 14.7 Å². The standard InChI is InChI=1S/C14H20N6O2/c1-5-6-7-19-12(21)10-11(18(4)14(19)22)15-13-17-16-8(2)9(3)20(10)13/h9H,5-7H2,1-4H3,(H,15,17)/t9-/m0/s1. The van der Waals surface area contributed by atoms with Gasteiger partial charge in [-0.1, -0.05) is 13.3 Å². The predicted octanol–water partition coefficient (Wildman–Crippen LogP) is 1.06. The van der Waals surface area contributed by atoms with Gasteiger partial charge in [0.05, 0.1) is 11.8 Å². The van der Waals surface area contributed by atoms with Crippen molar-refractivity contribution in [2.24, 2.45) is 12.1 Å². The Morgan fingerprint density at radius 1 is 1.32 bits per heavy atom. The van der Waals surface area contributed by atoms with Crippen LogP contribution >= 0.6 is 0 Å². The maximum absolute atomic E-state index is 12.8. The molecule has 0 saturated carbocycles. The van der Waals surface area contributed by atoms with E-state index in [0.29, 0.717) is 23.7 Å². The second kappa shape index (κ2) is 5.11. The lowest BCUT2D eigenvalue weighted by molar-refractivity contribution is 0.563. The van der Waals surface area contributed by atoms with E-state index in [4.69, 9.17) is 0 Å². The third kappa shape index (κ3) is 1.90. The Bertz CT molecular complexity index is 885. The maximum Gasteiger partial charge on any atom is 0.332 e. The van der Waals surface area contributed by atoms with Crippen LogP contribution in [0, 0.1) is 0 Å². The van der Waals surface area contributed by atoms with E-state index in [1.807, 2.05) is 25.3 Å². The number of aryl methyl sites for hydroxylation is 1. The van der Waals surface area contributed by atoms with Crippen molar-refractivity contribution >= 4 is 22.8 Å². The molecule has 1 atom stereocenters. The molecule has 0 saturated heterocycles. The first kappa shape index (κ1) is 14.6. The van der Waals surface area contributed by atoms with Gasteiger partial charge < -0.3 is 0 Å². The highest BCUT2D eigenvalue weighted by Crippen LogP contribution is 2.25. The van der Waals surface area contributed by atoms with Crippen molar-refractivity contribution in [1.82, 2.24) is 18.7 Å². The van der Waals surface area contributed by atoms with E-state index in [-0.39, 0.29) is 17.3 Å². The minimum Gasteiger partial charge on any atom is -0.294 e. The number of anilines is 1. The van der Waals surface area contributed by atoms with E-state index in [2.05, 4.69) is 15.5 Å². The Morgan fingerprint density at radius 3 is 2.73 bits per heavy atom. The monoisotopic (exact) mass is 304 g/mol. The molecule has 3 rings (SSSR count). The molecule has 2 aromatic rings. The second-order valence-corrected chi connectivity index (χ2v) is 5.67. The number of fused-ring (bicyclic) bond motifs is 3. The summed E-state index contributed by atoms with van der Waals surface area (Å²) in [5.74, 6) is 0.494. The highest BCUT2D eigenvalue weighted by molar-refractivity contribution is 5.90.